The zero-order chi connectivity index (χ0) is 23.1. The number of ether oxygens (including phenoxy) is 1. The molecular weight excluding hydrogens is 436 g/mol. The van der Waals surface area contributed by atoms with E-state index in [1.807, 2.05) is 46.8 Å². The zero-order valence-corrected chi connectivity index (χ0v) is 20.2. The van der Waals surface area contributed by atoms with Gasteiger partial charge >= 0.3 is 0 Å². The molecule has 8 heteroatoms. The number of hydrogen-bond donors (Lipinski definition) is 0. The fourth-order valence-corrected chi connectivity index (χ4v) is 5.81. The highest BCUT2D eigenvalue weighted by atomic mass is 32.1. The van der Waals surface area contributed by atoms with Crippen molar-refractivity contribution < 1.29 is 14.3 Å². The van der Waals surface area contributed by atoms with Gasteiger partial charge in [-0.15, -0.1) is 11.3 Å². The van der Waals surface area contributed by atoms with Gasteiger partial charge in [-0.1, -0.05) is 26.0 Å². The van der Waals surface area contributed by atoms with Gasteiger partial charge in [-0.3, -0.25) is 19.2 Å². The van der Waals surface area contributed by atoms with Crippen molar-refractivity contribution in [1.82, 2.24) is 14.7 Å². The first kappa shape index (κ1) is 21.9. The standard InChI is InChI=1S/C25H30N4O3S/c1-16(2)14-29-25-18(17(3)26-29)13-22(33-25)24(31)28-15-21(23(30)27-11-7-4-8-12-27)32-20-10-6-5-9-19(20)28/h5-6,9-10,13,16,21H,4,7-8,11-12,14-15H2,1-3H3/t21-/m1/s1. The second-order valence-corrected chi connectivity index (χ2v) is 10.4. The summed E-state index contributed by atoms with van der Waals surface area (Å²) in [5.74, 6) is 0.915. The molecule has 3 aromatic rings. The highest BCUT2D eigenvalue weighted by molar-refractivity contribution is 7.20. The number of hydrogen-bond acceptors (Lipinski definition) is 5. The Hall–Kier alpha value is -2.87. The number of carbonyl (C=O) groups excluding carboxylic acids is 2. The van der Waals surface area contributed by atoms with E-state index in [9.17, 15) is 9.59 Å². The summed E-state index contributed by atoms with van der Waals surface area (Å²) in [7, 11) is 0. The van der Waals surface area contributed by atoms with Gasteiger partial charge in [0.05, 0.1) is 22.8 Å². The van der Waals surface area contributed by atoms with Gasteiger partial charge in [-0.05, 0) is 50.3 Å². The molecule has 0 unspecified atom stereocenters. The topological polar surface area (TPSA) is 67.7 Å². The average molecular weight is 467 g/mol. The van der Waals surface area contributed by atoms with Crippen LogP contribution in [-0.4, -0.2) is 52.2 Å². The third-order valence-electron chi connectivity index (χ3n) is 6.32. The van der Waals surface area contributed by atoms with Gasteiger partial charge in [0.15, 0.2) is 6.10 Å². The van der Waals surface area contributed by atoms with E-state index in [2.05, 4.69) is 18.9 Å². The van der Waals surface area contributed by atoms with E-state index in [1.165, 1.54) is 11.3 Å². The Morgan fingerprint density at radius 2 is 1.94 bits per heavy atom. The third-order valence-corrected chi connectivity index (χ3v) is 7.45. The smallest absolute Gasteiger partial charge is 0.268 e. The summed E-state index contributed by atoms with van der Waals surface area (Å²) in [5.41, 5.74) is 1.64. The van der Waals surface area contributed by atoms with Crippen molar-refractivity contribution in [1.29, 1.82) is 0 Å². The highest BCUT2D eigenvalue weighted by Crippen LogP contribution is 2.37. The minimum absolute atomic E-state index is 0.0261. The van der Waals surface area contributed by atoms with E-state index in [0.717, 1.165) is 54.8 Å². The lowest BCUT2D eigenvalue weighted by molar-refractivity contribution is -0.139. The SMILES string of the molecule is Cc1nn(CC(C)C)c2sc(C(=O)N3C[C@H](C(=O)N4CCCCC4)Oc4ccccc43)cc12. The molecular formula is C25H30N4O3S. The van der Waals surface area contributed by atoms with Gasteiger partial charge in [-0.25, -0.2) is 0 Å². The van der Waals surface area contributed by atoms with Crippen LogP contribution in [0.25, 0.3) is 10.2 Å². The maximum atomic E-state index is 13.7. The molecule has 2 aliphatic rings. The molecule has 1 atom stereocenters. The predicted octanol–water partition coefficient (Wildman–Crippen LogP) is 4.48. The van der Waals surface area contributed by atoms with Crippen molar-refractivity contribution in [2.24, 2.45) is 5.92 Å². The molecule has 174 valence electrons. The number of aromatic nitrogens is 2. The molecule has 2 amide bonds. The van der Waals surface area contributed by atoms with Gasteiger partial charge in [0.25, 0.3) is 11.8 Å². The minimum atomic E-state index is -0.686. The Kier molecular flexibility index (Phi) is 5.86. The Bertz CT molecular complexity index is 1190. The quantitative estimate of drug-likeness (QED) is 0.569. The molecule has 4 heterocycles. The number of likely N-dealkylation sites (tertiary alicyclic amines) is 1. The molecule has 0 saturated carbocycles. The monoisotopic (exact) mass is 466 g/mol. The van der Waals surface area contributed by atoms with Crippen LogP contribution in [0.15, 0.2) is 30.3 Å². The lowest BCUT2D eigenvalue weighted by Gasteiger charge is -2.37. The van der Waals surface area contributed by atoms with Crippen LogP contribution in [0.4, 0.5) is 5.69 Å². The molecule has 1 saturated heterocycles. The van der Waals surface area contributed by atoms with Crippen LogP contribution in [0.2, 0.25) is 0 Å². The Morgan fingerprint density at radius 1 is 1.18 bits per heavy atom. The number of fused-ring (bicyclic) bond motifs is 2. The molecule has 2 aromatic heterocycles. The number of thiophene rings is 1. The molecule has 0 N–H and O–H groups in total. The van der Waals surface area contributed by atoms with Crippen LogP contribution in [0, 0.1) is 12.8 Å². The number of rotatable bonds is 4. The van der Waals surface area contributed by atoms with E-state index in [-0.39, 0.29) is 18.4 Å². The lowest BCUT2D eigenvalue weighted by Crippen LogP contribution is -2.52. The van der Waals surface area contributed by atoms with Gasteiger partial charge in [0.2, 0.25) is 0 Å². The number of amides is 2. The molecule has 7 nitrogen and oxygen atoms in total. The number of benzene rings is 1. The highest BCUT2D eigenvalue weighted by Gasteiger charge is 2.37. The summed E-state index contributed by atoms with van der Waals surface area (Å²) in [4.78, 5) is 32.2. The summed E-state index contributed by atoms with van der Waals surface area (Å²) in [6.07, 6.45) is 2.51. The van der Waals surface area contributed by atoms with Crippen molar-refractivity contribution in [3.63, 3.8) is 0 Å². The van der Waals surface area contributed by atoms with Gasteiger partial charge in [0.1, 0.15) is 10.6 Å². The van der Waals surface area contributed by atoms with Gasteiger partial charge < -0.3 is 9.64 Å². The van der Waals surface area contributed by atoms with Crippen LogP contribution in [0.1, 0.15) is 48.5 Å². The zero-order valence-electron chi connectivity index (χ0n) is 19.4. The summed E-state index contributed by atoms with van der Waals surface area (Å²) < 4.78 is 8.10. The van der Waals surface area contributed by atoms with E-state index in [1.54, 1.807) is 4.90 Å². The third kappa shape index (κ3) is 4.12. The largest absolute Gasteiger partial charge is 0.476 e. The molecule has 0 bridgehead atoms. The Morgan fingerprint density at radius 3 is 2.70 bits per heavy atom. The Labute approximate surface area is 197 Å². The predicted molar refractivity (Wildman–Crippen MR) is 130 cm³/mol. The van der Waals surface area contributed by atoms with Crippen LogP contribution in [0.3, 0.4) is 0 Å². The van der Waals surface area contributed by atoms with Crippen molar-refractivity contribution in [2.45, 2.75) is 52.7 Å². The fourth-order valence-electron chi connectivity index (χ4n) is 4.69. The van der Waals surface area contributed by atoms with Crippen LogP contribution < -0.4 is 9.64 Å². The van der Waals surface area contributed by atoms with Crippen LogP contribution in [0.5, 0.6) is 5.75 Å². The Balaban J connectivity index is 1.46. The molecule has 0 aliphatic carbocycles. The first-order chi connectivity index (χ1) is 15.9. The molecule has 2 aliphatic heterocycles. The molecule has 33 heavy (non-hydrogen) atoms. The van der Waals surface area contributed by atoms with Crippen molar-refractivity contribution >= 4 is 39.1 Å². The number of piperidine rings is 1. The van der Waals surface area contributed by atoms with E-state index in [0.29, 0.717) is 22.2 Å². The molecule has 1 aromatic carbocycles. The number of anilines is 1. The normalized spacial score (nSPS) is 18.5. The van der Waals surface area contributed by atoms with E-state index >= 15 is 0 Å². The minimum Gasteiger partial charge on any atom is -0.476 e. The number of carbonyl (C=O) groups is 2. The van der Waals surface area contributed by atoms with Crippen molar-refractivity contribution in [3.8, 4) is 5.75 Å². The first-order valence-electron chi connectivity index (χ1n) is 11.8. The second kappa shape index (κ2) is 8.82. The number of nitrogens with zero attached hydrogens (tertiary/aromatic N) is 4. The number of para-hydroxylation sites is 2. The summed E-state index contributed by atoms with van der Waals surface area (Å²) >= 11 is 1.47. The van der Waals surface area contributed by atoms with Crippen LogP contribution in [-0.2, 0) is 11.3 Å². The van der Waals surface area contributed by atoms with Gasteiger partial charge in [0, 0.05) is 25.0 Å². The second-order valence-electron chi connectivity index (χ2n) is 9.37. The number of aryl methyl sites for hydroxylation is 1. The molecule has 0 spiro atoms. The lowest BCUT2D eigenvalue weighted by atomic mass is 10.1. The first-order valence-corrected chi connectivity index (χ1v) is 12.6. The summed E-state index contributed by atoms with van der Waals surface area (Å²) in [6, 6.07) is 9.43. The molecule has 5 rings (SSSR count). The fraction of sp³-hybridized carbons (Fsp3) is 0.480. The van der Waals surface area contributed by atoms with E-state index < -0.39 is 6.10 Å². The van der Waals surface area contributed by atoms with Crippen molar-refractivity contribution in [3.05, 3.63) is 40.9 Å². The molecule has 1 fully saturated rings. The van der Waals surface area contributed by atoms with Crippen molar-refractivity contribution in [2.75, 3.05) is 24.5 Å². The maximum absolute atomic E-state index is 13.7. The maximum Gasteiger partial charge on any atom is 0.268 e. The van der Waals surface area contributed by atoms with E-state index in [4.69, 9.17) is 4.74 Å². The molecule has 0 radical (unpaired) electrons. The van der Waals surface area contributed by atoms with Gasteiger partial charge in [-0.2, -0.15) is 5.10 Å². The summed E-state index contributed by atoms with van der Waals surface area (Å²) in [6.45, 7) is 8.85. The average Bonchev–Trinajstić information content (AvgIpc) is 3.38. The summed E-state index contributed by atoms with van der Waals surface area (Å²) in [5, 5.41) is 5.68. The van der Waals surface area contributed by atoms with Crippen LogP contribution >= 0.6 is 11.3 Å².